The van der Waals surface area contributed by atoms with E-state index >= 15 is 0 Å². The quantitative estimate of drug-likeness (QED) is 0.799. The summed E-state index contributed by atoms with van der Waals surface area (Å²) in [4.78, 5) is 10.6. The predicted octanol–water partition coefficient (Wildman–Crippen LogP) is 2.21. The maximum Gasteiger partial charge on any atom is 0.217 e. The van der Waals surface area contributed by atoms with E-state index in [4.69, 9.17) is 17.3 Å². The zero-order chi connectivity index (χ0) is 12.1. The molecule has 1 amide bonds. The zero-order valence-corrected chi connectivity index (χ0v) is 9.51. The molecule has 3 N–H and O–H groups in total. The van der Waals surface area contributed by atoms with Gasteiger partial charge >= 0.3 is 0 Å². The van der Waals surface area contributed by atoms with Crippen molar-refractivity contribution in [2.45, 2.75) is 6.92 Å². The number of nitrogens with one attached hydrogen (secondary N) is 1. The maximum atomic E-state index is 13.3. The Morgan fingerprint density at radius 3 is 2.94 bits per heavy atom. The fraction of sp³-hybridized carbons (Fsp3) is 0.182. The van der Waals surface area contributed by atoms with Gasteiger partial charge in [0.25, 0.3) is 0 Å². The van der Waals surface area contributed by atoms with Crippen molar-refractivity contribution in [2.75, 3.05) is 12.3 Å². The molecule has 0 spiro atoms. The second kappa shape index (κ2) is 5.51. The summed E-state index contributed by atoms with van der Waals surface area (Å²) in [6.07, 6.45) is 3.30. The van der Waals surface area contributed by atoms with Crippen molar-refractivity contribution in [3.05, 3.63) is 34.6 Å². The minimum atomic E-state index is -0.622. The molecule has 86 valence electrons. The van der Waals surface area contributed by atoms with Gasteiger partial charge in [-0.1, -0.05) is 29.8 Å². The van der Waals surface area contributed by atoms with Gasteiger partial charge in [-0.25, -0.2) is 4.39 Å². The predicted molar refractivity (Wildman–Crippen MR) is 63.5 cm³/mol. The van der Waals surface area contributed by atoms with E-state index < -0.39 is 5.82 Å². The van der Waals surface area contributed by atoms with Gasteiger partial charge in [-0.15, -0.1) is 0 Å². The second-order valence-electron chi connectivity index (χ2n) is 3.21. The fourth-order valence-electron chi connectivity index (χ4n) is 1.10. The first kappa shape index (κ1) is 12.5. The van der Waals surface area contributed by atoms with Crippen LogP contribution in [0.1, 0.15) is 12.5 Å². The molecule has 0 aromatic heterocycles. The third-order valence-electron chi connectivity index (χ3n) is 1.91. The molecule has 0 radical (unpaired) electrons. The van der Waals surface area contributed by atoms with Crippen LogP contribution in [0.4, 0.5) is 10.1 Å². The number of amides is 1. The average molecular weight is 243 g/mol. The van der Waals surface area contributed by atoms with Crippen LogP contribution in [0.3, 0.4) is 0 Å². The molecule has 0 aliphatic rings. The highest BCUT2D eigenvalue weighted by atomic mass is 35.5. The highest BCUT2D eigenvalue weighted by Gasteiger charge is 2.06. The number of hydrogen-bond acceptors (Lipinski definition) is 2. The summed E-state index contributed by atoms with van der Waals surface area (Å²) in [6, 6.07) is 3.06. The minimum Gasteiger partial charge on any atom is -0.396 e. The largest absolute Gasteiger partial charge is 0.396 e. The van der Waals surface area contributed by atoms with Crippen molar-refractivity contribution in [3.63, 3.8) is 0 Å². The topological polar surface area (TPSA) is 55.1 Å². The second-order valence-corrected chi connectivity index (χ2v) is 3.59. The van der Waals surface area contributed by atoms with Gasteiger partial charge in [0.1, 0.15) is 0 Å². The van der Waals surface area contributed by atoms with E-state index in [0.29, 0.717) is 12.1 Å². The molecule has 0 aliphatic heterocycles. The first-order valence-corrected chi connectivity index (χ1v) is 5.04. The Morgan fingerprint density at radius 1 is 1.62 bits per heavy atom. The van der Waals surface area contributed by atoms with Gasteiger partial charge in [-0.2, -0.15) is 0 Å². The number of hydrogen-bond donors (Lipinski definition) is 2. The number of halogens is 2. The molecule has 3 nitrogen and oxygen atoms in total. The molecule has 0 heterocycles. The smallest absolute Gasteiger partial charge is 0.217 e. The summed E-state index contributed by atoms with van der Waals surface area (Å²) in [5.41, 5.74) is 5.89. The van der Waals surface area contributed by atoms with Crippen LogP contribution in [0.2, 0.25) is 5.02 Å². The number of nitrogen functional groups attached to an aromatic ring is 1. The lowest BCUT2D eigenvalue weighted by Gasteiger charge is -2.02. The van der Waals surface area contributed by atoms with Crippen LogP contribution >= 0.6 is 11.6 Å². The Balaban J connectivity index is 2.74. The average Bonchev–Trinajstić information content (AvgIpc) is 2.23. The van der Waals surface area contributed by atoms with E-state index in [9.17, 15) is 9.18 Å². The molecular weight excluding hydrogens is 231 g/mol. The molecule has 0 saturated carbocycles. The SMILES string of the molecule is CC(=O)NCC=Cc1ccc(N)c(F)c1Cl. The number of benzene rings is 1. The molecule has 0 atom stereocenters. The van der Waals surface area contributed by atoms with Crippen molar-refractivity contribution in [2.24, 2.45) is 0 Å². The zero-order valence-electron chi connectivity index (χ0n) is 8.76. The Labute approximate surface area is 98.1 Å². The standard InChI is InChI=1S/C11H12ClFN2O/c1-7(16)15-6-2-3-8-4-5-9(14)11(13)10(8)12/h2-5H,6,14H2,1H3,(H,15,16). The number of carbonyl (C=O) groups excluding carboxylic acids is 1. The van der Waals surface area contributed by atoms with Gasteiger partial charge in [0.05, 0.1) is 10.7 Å². The number of anilines is 1. The fourth-order valence-corrected chi connectivity index (χ4v) is 1.33. The van der Waals surface area contributed by atoms with E-state index in [1.54, 1.807) is 18.2 Å². The highest BCUT2D eigenvalue weighted by Crippen LogP contribution is 2.25. The Hall–Kier alpha value is -1.55. The van der Waals surface area contributed by atoms with Crippen LogP contribution in [0.5, 0.6) is 0 Å². The van der Waals surface area contributed by atoms with Crippen LogP contribution in [-0.2, 0) is 4.79 Å². The van der Waals surface area contributed by atoms with Gasteiger partial charge in [-0.05, 0) is 11.6 Å². The van der Waals surface area contributed by atoms with E-state index in [1.807, 2.05) is 0 Å². The summed E-state index contributed by atoms with van der Waals surface area (Å²) >= 11 is 5.75. The molecule has 0 saturated heterocycles. The highest BCUT2D eigenvalue weighted by molar-refractivity contribution is 6.32. The van der Waals surface area contributed by atoms with Crippen molar-refractivity contribution >= 4 is 29.3 Å². The third-order valence-corrected chi connectivity index (χ3v) is 2.29. The van der Waals surface area contributed by atoms with Crippen LogP contribution in [0.15, 0.2) is 18.2 Å². The Bertz CT molecular complexity index is 432. The molecule has 5 heteroatoms. The molecule has 0 bridgehead atoms. The lowest BCUT2D eigenvalue weighted by Crippen LogP contribution is -2.19. The van der Waals surface area contributed by atoms with Crippen LogP contribution in [0.25, 0.3) is 6.08 Å². The van der Waals surface area contributed by atoms with Gasteiger partial charge in [-0.3, -0.25) is 4.79 Å². The van der Waals surface area contributed by atoms with Crippen LogP contribution < -0.4 is 11.1 Å². The number of nitrogens with two attached hydrogens (primary N) is 1. The molecular formula is C11H12ClFN2O. The molecule has 1 aromatic carbocycles. The number of carbonyl (C=O) groups is 1. The van der Waals surface area contributed by atoms with E-state index in [1.165, 1.54) is 13.0 Å². The van der Waals surface area contributed by atoms with Crippen molar-refractivity contribution in [3.8, 4) is 0 Å². The summed E-state index contributed by atoms with van der Waals surface area (Å²) in [7, 11) is 0. The van der Waals surface area contributed by atoms with Gasteiger partial charge in [0.15, 0.2) is 5.82 Å². The van der Waals surface area contributed by atoms with Gasteiger partial charge in [0.2, 0.25) is 5.91 Å². The Kier molecular flexibility index (Phi) is 4.31. The summed E-state index contributed by atoms with van der Waals surface area (Å²) in [6.45, 7) is 1.79. The van der Waals surface area contributed by atoms with Gasteiger partial charge < -0.3 is 11.1 Å². The maximum absolute atomic E-state index is 13.3. The summed E-state index contributed by atoms with van der Waals surface area (Å²) < 4.78 is 13.3. The van der Waals surface area contributed by atoms with Crippen LogP contribution in [-0.4, -0.2) is 12.5 Å². The monoisotopic (exact) mass is 242 g/mol. The van der Waals surface area contributed by atoms with Crippen LogP contribution in [0, 0.1) is 5.82 Å². The van der Waals surface area contributed by atoms with E-state index in [2.05, 4.69) is 5.32 Å². The summed E-state index contributed by atoms with van der Waals surface area (Å²) in [5.74, 6) is -0.748. The lowest BCUT2D eigenvalue weighted by atomic mass is 10.2. The Morgan fingerprint density at radius 2 is 2.31 bits per heavy atom. The van der Waals surface area contributed by atoms with Crippen molar-refractivity contribution < 1.29 is 9.18 Å². The lowest BCUT2D eigenvalue weighted by molar-refractivity contribution is -0.118. The molecule has 0 unspecified atom stereocenters. The summed E-state index contributed by atoms with van der Waals surface area (Å²) in [5, 5.41) is 2.56. The third kappa shape index (κ3) is 3.24. The molecule has 1 aromatic rings. The molecule has 1 rings (SSSR count). The molecule has 16 heavy (non-hydrogen) atoms. The first-order valence-electron chi connectivity index (χ1n) is 4.67. The van der Waals surface area contributed by atoms with Gasteiger partial charge in [0, 0.05) is 13.5 Å². The van der Waals surface area contributed by atoms with Crippen molar-refractivity contribution in [1.29, 1.82) is 0 Å². The normalized spacial score (nSPS) is 10.7. The van der Waals surface area contributed by atoms with E-state index in [-0.39, 0.29) is 16.6 Å². The van der Waals surface area contributed by atoms with Crippen molar-refractivity contribution in [1.82, 2.24) is 5.32 Å². The van der Waals surface area contributed by atoms with E-state index in [0.717, 1.165) is 0 Å². The first-order chi connectivity index (χ1) is 7.52. The number of rotatable bonds is 3. The molecule has 0 fully saturated rings. The minimum absolute atomic E-state index is 0.0147. The molecule has 0 aliphatic carbocycles.